The molecule has 31 nitrogen and oxygen atoms in total. The predicted octanol–water partition coefficient (Wildman–Crippen LogP) is 0.504. The Kier molecular flexibility index (Phi) is 21.9. The first-order valence-electron chi connectivity index (χ1n) is 25.3. The van der Waals surface area contributed by atoms with E-state index in [0.717, 1.165) is 18.3 Å². The highest BCUT2D eigenvalue weighted by atomic mass is 32.2. The van der Waals surface area contributed by atoms with Crippen molar-refractivity contribution in [1.82, 2.24) is 26.3 Å². The molecule has 0 bridgehead atoms. The van der Waals surface area contributed by atoms with Gasteiger partial charge in [0.15, 0.2) is 5.71 Å². The van der Waals surface area contributed by atoms with Gasteiger partial charge in [0.25, 0.3) is 84.3 Å². The van der Waals surface area contributed by atoms with Crippen molar-refractivity contribution < 1.29 is 111 Å². The minimum absolute atomic E-state index is 0.0479. The number of carboxylic acid groups (broad SMARTS) is 1. The maximum absolute atomic E-state index is 14.1. The fourth-order valence-corrected chi connectivity index (χ4v) is 11.9. The molecule has 472 valence electrons. The first-order chi connectivity index (χ1) is 39.4. The summed E-state index contributed by atoms with van der Waals surface area (Å²) in [5.74, 6) is -10.7. The van der Waals surface area contributed by atoms with Crippen molar-refractivity contribution in [3.8, 4) is 0 Å². The molecule has 1 aromatic heterocycles. The highest BCUT2D eigenvalue weighted by molar-refractivity contribution is 7.87. The smallest absolute Gasteiger partial charge is 0.337 e. The second kappa shape index (κ2) is 27.0. The zero-order valence-electron chi connectivity index (χ0n) is 46.1. The molecule has 0 spiro atoms. The van der Waals surface area contributed by atoms with Gasteiger partial charge in [-0.25, -0.2) is 4.79 Å². The highest BCUT2D eigenvalue weighted by Crippen LogP contribution is 2.50. The van der Waals surface area contributed by atoms with Crippen molar-refractivity contribution in [2.45, 2.75) is 51.4 Å². The predicted molar refractivity (Wildman–Crippen MR) is 310 cm³/mol. The third-order valence-corrected chi connectivity index (χ3v) is 17.7. The van der Waals surface area contributed by atoms with Crippen LogP contribution < -0.4 is 26.2 Å². The number of nitrogens with one attached hydrogen (secondary N) is 4. The minimum atomic E-state index is -4.63. The summed E-state index contributed by atoms with van der Waals surface area (Å²) >= 11 is 0. The zero-order chi connectivity index (χ0) is 64.8. The Morgan fingerprint density at radius 3 is 1.44 bits per heavy atom. The van der Waals surface area contributed by atoms with Gasteiger partial charge in [0, 0.05) is 102 Å². The Morgan fingerprint density at radius 2 is 1.00 bits per heavy atom. The Hall–Kier alpha value is -6.91. The Labute approximate surface area is 495 Å². The monoisotopic (exact) mass is 1320 g/mol. The fraction of sp³-hybridized carbons (Fsp3) is 0.408. The number of allylic oxidation sites excluding steroid dienone is 6. The molecule has 11 N–H and O–H groups in total. The Bertz CT molecular complexity index is 4070. The standard InChI is InChI=1S/C49H61N7O24S6/c1-48(2)39(55(17-5-19-81(63,64)65)37-27-32(43(57)50-13-21-83(69,70)71)25-34(41(37)48)45(59)52-15-23-85(75,76)77)11-8-30(36-10-7-31(29-54-36)47(61)62)9-12-40-49(3,4)42-35(46(60)53-16-24-86(78,79)80)26-33(44(58)51-14-22-84(72,73)74)28-38(42)56(40)18-6-20-82(66,67)68/h7-12,25-29H,5-6,13-24H2,1-4H3,(H10-,50,51,52,53,57,58,59,60,61,62,63,64,65,66,67,68,69,70,71,72,73,74,75,76,77,78,79,80)/p+1. The molecule has 0 atom stereocenters. The van der Waals surface area contributed by atoms with E-state index in [1.54, 1.807) is 27.7 Å². The van der Waals surface area contributed by atoms with Crippen LogP contribution in [0.3, 0.4) is 0 Å². The van der Waals surface area contributed by atoms with Crippen LogP contribution in [-0.2, 0) is 71.5 Å². The molecule has 0 aliphatic carbocycles. The van der Waals surface area contributed by atoms with Gasteiger partial charge in [0.2, 0.25) is 5.69 Å². The van der Waals surface area contributed by atoms with Crippen molar-refractivity contribution in [2.75, 3.05) is 78.7 Å². The summed E-state index contributed by atoms with van der Waals surface area (Å²) in [4.78, 5) is 73.5. The molecule has 2 aliphatic rings. The maximum Gasteiger partial charge on any atom is 0.337 e. The van der Waals surface area contributed by atoms with E-state index in [1.165, 1.54) is 58.0 Å². The summed E-state index contributed by atoms with van der Waals surface area (Å²) in [5, 5.41) is 19.1. The number of amides is 4. The van der Waals surface area contributed by atoms with Crippen LogP contribution in [0.4, 0.5) is 11.4 Å². The molecule has 2 aromatic carbocycles. The van der Waals surface area contributed by atoms with E-state index in [4.69, 9.17) is 0 Å². The molecule has 0 saturated carbocycles. The van der Waals surface area contributed by atoms with Crippen LogP contribution in [-0.4, -0.2) is 202 Å². The maximum atomic E-state index is 14.1. The lowest BCUT2D eigenvalue weighted by molar-refractivity contribution is -0.437. The lowest BCUT2D eigenvalue weighted by atomic mass is 9.78. The number of rotatable bonds is 29. The van der Waals surface area contributed by atoms with Gasteiger partial charge in [-0.15, -0.1) is 0 Å². The lowest BCUT2D eigenvalue weighted by Gasteiger charge is -2.27. The summed E-state index contributed by atoms with van der Waals surface area (Å²) in [6.45, 7) is 3.28. The van der Waals surface area contributed by atoms with Gasteiger partial charge >= 0.3 is 5.97 Å². The second-order valence-electron chi connectivity index (χ2n) is 20.5. The van der Waals surface area contributed by atoms with Gasteiger partial charge in [-0.3, -0.25) is 51.5 Å². The second-order valence-corrected chi connectivity index (χ2v) is 29.9. The number of hydrogen-bond acceptors (Lipinski definition) is 19. The first kappa shape index (κ1) is 69.9. The van der Waals surface area contributed by atoms with Crippen LogP contribution in [0.2, 0.25) is 0 Å². The molecule has 4 amide bonds. The summed E-state index contributed by atoms with van der Waals surface area (Å²) in [6, 6.07) is 7.24. The van der Waals surface area contributed by atoms with Crippen molar-refractivity contribution >= 4 is 113 Å². The van der Waals surface area contributed by atoms with Gasteiger partial charge < -0.3 is 31.3 Å². The Morgan fingerprint density at radius 1 is 0.558 bits per heavy atom. The quantitative estimate of drug-likeness (QED) is 0.0256. The van der Waals surface area contributed by atoms with Crippen LogP contribution in [0.15, 0.2) is 72.6 Å². The summed E-state index contributed by atoms with van der Waals surface area (Å²) in [5.41, 5.74) is -3.28. The molecule has 2 aliphatic heterocycles. The molecule has 37 heteroatoms. The van der Waals surface area contributed by atoms with Crippen LogP contribution >= 0.6 is 0 Å². The van der Waals surface area contributed by atoms with Crippen molar-refractivity contribution in [3.05, 3.63) is 117 Å². The minimum Gasteiger partial charge on any atom is -0.478 e. The van der Waals surface area contributed by atoms with Gasteiger partial charge in [-0.2, -0.15) is 55.1 Å². The summed E-state index contributed by atoms with van der Waals surface area (Å²) < 4.78 is 199. The van der Waals surface area contributed by atoms with Gasteiger partial charge in [-0.05, 0) is 62.8 Å². The van der Waals surface area contributed by atoms with Gasteiger partial charge in [0.1, 0.15) is 6.54 Å². The number of benzene rings is 2. The third kappa shape index (κ3) is 19.6. The molecule has 0 unspecified atom stereocenters. The number of nitrogens with zero attached hydrogens (tertiary/aromatic N) is 3. The van der Waals surface area contributed by atoms with E-state index in [0.29, 0.717) is 0 Å². The number of aromatic nitrogens is 1. The van der Waals surface area contributed by atoms with E-state index in [2.05, 4.69) is 26.3 Å². The molecule has 0 fully saturated rings. The third-order valence-electron chi connectivity index (χ3n) is 13.2. The van der Waals surface area contributed by atoms with Crippen LogP contribution in [0.25, 0.3) is 5.57 Å². The van der Waals surface area contributed by atoms with E-state index in [1.807, 2.05) is 0 Å². The van der Waals surface area contributed by atoms with Crippen LogP contribution in [0.1, 0.15) is 109 Å². The molecule has 3 heterocycles. The molecule has 3 aromatic rings. The van der Waals surface area contributed by atoms with Crippen molar-refractivity contribution in [2.24, 2.45) is 0 Å². The average Bonchev–Trinajstić information content (AvgIpc) is 1.63. The number of carbonyl (C=O) groups excluding carboxylic acids is 4. The van der Waals surface area contributed by atoms with E-state index >= 15 is 0 Å². The number of hydrogen-bond donors (Lipinski definition) is 11. The molecular weight excluding hydrogens is 1260 g/mol. The molecular formula is C49H62N7O24S6+. The highest BCUT2D eigenvalue weighted by Gasteiger charge is 2.48. The molecule has 86 heavy (non-hydrogen) atoms. The summed E-state index contributed by atoms with van der Waals surface area (Å²) in [6.07, 6.45) is 6.18. The van der Waals surface area contributed by atoms with E-state index in [-0.39, 0.29) is 98.9 Å². The van der Waals surface area contributed by atoms with Gasteiger partial charge in [-0.1, -0.05) is 19.9 Å². The number of fused-ring (bicyclic) bond motifs is 2. The topological polar surface area (TPSA) is 499 Å². The summed E-state index contributed by atoms with van der Waals surface area (Å²) in [7, 11) is -27.7. The SMILES string of the molecule is CC1(C)C(/C=C/C(=C/C=C2/N(CCCS(=O)(=O)O)c3cc(C(=O)NCCS(=O)(=O)O)cc(C(=O)NCCS(=O)(=O)O)c3C2(C)C)c2ccc(C(=O)O)cn2)=[N+](CCCS(=O)(=O)O)c2cc(C(=O)NCCS(=O)(=O)O)cc(C(=O)NCCS(=O)(=O)O)c21. The number of carbonyl (C=O) groups is 5. The number of pyridine rings is 1. The Balaban J connectivity index is 1.83. The van der Waals surface area contributed by atoms with Crippen LogP contribution in [0.5, 0.6) is 0 Å². The van der Waals surface area contributed by atoms with Crippen LogP contribution in [0, 0.1) is 0 Å². The van der Waals surface area contributed by atoms with Crippen molar-refractivity contribution in [3.63, 3.8) is 0 Å². The molecule has 5 rings (SSSR count). The number of aromatic carboxylic acids is 1. The lowest BCUT2D eigenvalue weighted by Crippen LogP contribution is -2.34. The van der Waals surface area contributed by atoms with E-state index < -0.39 is 162 Å². The zero-order valence-corrected chi connectivity index (χ0v) is 51.0. The van der Waals surface area contributed by atoms with Gasteiger partial charge in [0.05, 0.1) is 62.3 Å². The normalized spacial score (nSPS) is 15.8. The van der Waals surface area contributed by atoms with Crippen molar-refractivity contribution in [1.29, 1.82) is 0 Å². The fourth-order valence-electron chi connectivity index (χ4n) is 9.52. The average molecular weight is 1330 g/mol. The largest absolute Gasteiger partial charge is 0.478 e. The molecule has 0 radical (unpaired) electrons. The number of anilines is 1. The number of carboxylic acids is 1. The van der Waals surface area contributed by atoms with E-state index in [9.17, 15) is 107 Å². The molecule has 0 saturated heterocycles. The first-order valence-corrected chi connectivity index (χ1v) is 35.0.